The molecule has 0 aliphatic rings. The molecule has 2 heterocycles. The predicted molar refractivity (Wildman–Crippen MR) is 43.7 cm³/mol. The SMILES string of the molecule is N#Cc1cc(Cl)c2occc2n1. The molecule has 0 N–H and O–H groups in total. The number of halogens is 1. The van der Waals surface area contributed by atoms with E-state index in [2.05, 4.69) is 4.98 Å². The highest BCUT2D eigenvalue weighted by Crippen LogP contribution is 2.23. The summed E-state index contributed by atoms with van der Waals surface area (Å²) in [5.74, 6) is 0. The largest absolute Gasteiger partial charge is 0.461 e. The Morgan fingerprint density at radius 1 is 1.58 bits per heavy atom. The van der Waals surface area contributed by atoms with Crippen molar-refractivity contribution in [1.82, 2.24) is 4.98 Å². The predicted octanol–water partition coefficient (Wildman–Crippen LogP) is 2.35. The molecule has 0 aromatic carbocycles. The summed E-state index contributed by atoms with van der Waals surface area (Å²) >= 11 is 5.80. The van der Waals surface area contributed by atoms with Gasteiger partial charge in [-0.2, -0.15) is 5.26 Å². The zero-order chi connectivity index (χ0) is 8.55. The van der Waals surface area contributed by atoms with E-state index < -0.39 is 0 Å². The number of nitriles is 1. The van der Waals surface area contributed by atoms with E-state index in [1.54, 1.807) is 6.07 Å². The molecule has 0 amide bonds. The highest BCUT2D eigenvalue weighted by atomic mass is 35.5. The average molecular weight is 179 g/mol. The van der Waals surface area contributed by atoms with Crippen LogP contribution in [0.1, 0.15) is 5.69 Å². The molecule has 58 valence electrons. The number of pyridine rings is 1. The maximum absolute atomic E-state index is 8.56. The van der Waals surface area contributed by atoms with E-state index in [1.807, 2.05) is 6.07 Å². The summed E-state index contributed by atoms with van der Waals surface area (Å²) in [4.78, 5) is 3.98. The van der Waals surface area contributed by atoms with Crippen LogP contribution in [0, 0.1) is 11.3 Å². The van der Waals surface area contributed by atoms with Crippen molar-refractivity contribution in [2.24, 2.45) is 0 Å². The molecule has 0 bridgehead atoms. The Morgan fingerprint density at radius 3 is 3.17 bits per heavy atom. The molecule has 0 saturated heterocycles. The molecule has 0 atom stereocenters. The lowest BCUT2D eigenvalue weighted by atomic mass is 10.3. The van der Waals surface area contributed by atoms with Crippen molar-refractivity contribution >= 4 is 22.7 Å². The Kier molecular flexibility index (Phi) is 1.49. The monoisotopic (exact) mass is 178 g/mol. The molecule has 0 spiro atoms. The molecule has 12 heavy (non-hydrogen) atoms. The minimum absolute atomic E-state index is 0.300. The second-order valence-corrected chi connectivity index (χ2v) is 2.64. The van der Waals surface area contributed by atoms with Gasteiger partial charge in [0.2, 0.25) is 0 Å². The third-order valence-electron chi connectivity index (χ3n) is 1.48. The van der Waals surface area contributed by atoms with Gasteiger partial charge in [0, 0.05) is 6.07 Å². The van der Waals surface area contributed by atoms with Gasteiger partial charge in [-0.15, -0.1) is 0 Å². The van der Waals surface area contributed by atoms with Crippen LogP contribution in [-0.4, -0.2) is 4.98 Å². The number of fused-ring (bicyclic) bond motifs is 1. The molecule has 0 fully saturated rings. The maximum Gasteiger partial charge on any atom is 0.170 e. The normalized spacial score (nSPS) is 10.0. The van der Waals surface area contributed by atoms with Crippen LogP contribution >= 0.6 is 11.6 Å². The number of rotatable bonds is 0. The Labute approximate surface area is 73.2 Å². The maximum atomic E-state index is 8.56. The van der Waals surface area contributed by atoms with Gasteiger partial charge in [0.1, 0.15) is 17.3 Å². The van der Waals surface area contributed by atoms with Gasteiger partial charge in [0.25, 0.3) is 0 Å². The fourth-order valence-corrected chi connectivity index (χ4v) is 1.22. The summed E-state index contributed by atoms with van der Waals surface area (Å²) in [7, 11) is 0. The first kappa shape index (κ1) is 7.14. The third-order valence-corrected chi connectivity index (χ3v) is 1.76. The number of furan rings is 1. The standard InChI is InChI=1S/C8H3ClN2O/c9-6-3-5(4-10)11-7-1-2-12-8(6)7/h1-3H. The summed E-state index contributed by atoms with van der Waals surface area (Å²) in [6.07, 6.45) is 1.49. The highest BCUT2D eigenvalue weighted by molar-refractivity contribution is 6.34. The van der Waals surface area contributed by atoms with Crippen LogP contribution in [0.3, 0.4) is 0 Å². The summed E-state index contributed by atoms with van der Waals surface area (Å²) in [6.45, 7) is 0. The van der Waals surface area contributed by atoms with Crippen LogP contribution in [0.15, 0.2) is 22.8 Å². The fourth-order valence-electron chi connectivity index (χ4n) is 0.974. The van der Waals surface area contributed by atoms with Gasteiger partial charge in [0.15, 0.2) is 5.58 Å². The van der Waals surface area contributed by atoms with E-state index in [1.165, 1.54) is 12.3 Å². The van der Waals surface area contributed by atoms with Crippen molar-refractivity contribution in [3.63, 3.8) is 0 Å². The van der Waals surface area contributed by atoms with Crippen LogP contribution in [-0.2, 0) is 0 Å². The van der Waals surface area contributed by atoms with Crippen molar-refractivity contribution < 1.29 is 4.42 Å². The molecule has 0 aliphatic carbocycles. The van der Waals surface area contributed by atoms with Crippen molar-refractivity contribution in [3.8, 4) is 6.07 Å². The van der Waals surface area contributed by atoms with Crippen molar-refractivity contribution in [2.45, 2.75) is 0 Å². The van der Waals surface area contributed by atoms with Crippen LogP contribution < -0.4 is 0 Å². The Hall–Kier alpha value is -1.53. The molecule has 2 aromatic rings. The lowest BCUT2D eigenvalue weighted by molar-refractivity contribution is 0.615. The van der Waals surface area contributed by atoms with Crippen molar-refractivity contribution in [3.05, 3.63) is 29.1 Å². The van der Waals surface area contributed by atoms with Gasteiger partial charge >= 0.3 is 0 Å². The second-order valence-electron chi connectivity index (χ2n) is 2.24. The van der Waals surface area contributed by atoms with E-state index in [0.29, 0.717) is 21.8 Å². The Balaban J connectivity index is 2.86. The number of hydrogen-bond acceptors (Lipinski definition) is 3. The van der Waals surface area contributed by atoms with Gasteiger partial charge in [-0.3, -0.25) is 0 Å². The van der Waals surface area contributed by atoms with Crippen LogP contribution in [0.5, 0.6) is 0 Å². The van der Waals surface area contributed by atoms with E-state index in [0.717, 1.165) is 0 Å². The number of nitrogens with zero attached hydrogens (tertiary/aromatic N) is 2. The summed E-state index contributed by atoms with van der Waals surface area (Å²) in [6, 6.07) is 5.06. The number of aromatic nitrogens is 1. The lowest BCUT2D eigenvalue weighted by Gasteiger charge is -1.91. The van der Waals surface area contributed by atoms with Crippen LogP contribution in [0.2, 0.25) is 5.02 Å². The first-order valence-electron chi connectivity index (χ1n) is 3.25. The quantitative estimate of drug-likeness (QED) is 0.622. The molecule has 2 aromatic heterocycles. The second kappa shape index (κ2) is 2.50. The van der Waals surface area contributed by atoms with Gasteiger partial charge in [-0.1, -0.05) is 11.6 Å². The molecule has 4 heteroatoms. The van der Waals surface area contributed by atoms with E-state index in [4.69, 9.17) is 21.3 Å². The van der Waals surface area contributed by atoms with Gasteiger partial charge in [0.05, 0.1) is 11.3 Å². The smallest absolute Gasteiger partial charge is 0.170 e. The molecule has 3 nitrogen and oxygen atoms in total. The molecular formula is C8H3ClN2O. The van der Waals surface area contributed by atoms with Gasteiger partial charge < -0.3 is 4.42 Å². The first-order valence-corrected chi connectivity index (χ1v) is 3.63. The average Bonchev–Trinajstić information content (AvgIpc) is 2.52. The van der Waals surface area contributed by atoms with Crippen molar-refractivity contribution in [2.75, 3.05) is 0 Å². The van der Waals surface area contributed by atoms with E-state index in [-0.39, 0.29) is 0 Å². The van der Waals surface area contributed by atoms with Gasteiger partial charge in [-0.25, -0.2) is 4.98 Å². The third kappa shape index (κ3) is 0.936. The van der Waals surface area contributed by atoms with Crippen LogP contribution in [0.4, 0.5) is 0 Å². The van der Waals surface area contributed by atoms with Crippen molar-refractivity contribution in [1.29, 1.82) is 5.26 Å². The van der Waals surface area contributed by atoms with E-state index >= 15 is 0 Å². The summed E-state index contributed by atoms with van der Waals surface area (Å²) < 4.78 is 5.04. The fraction of sp³-hybridized carbons (Fsp3) is 0. The zero-order valence-electron chi connectivity index (χ0n) is 5.91. The number of hydrogen-bond donors (Lipinski definition) is 0. The molecular weight excluding hydrogens is 176 g/mol. The Morgan fingerprint density at radius 2 is 2.42 bits per heavy atom. The molecule has 0 radical (unpaired) electrons. The zero-order valence-corrected chi connectivity index (χ0v) is 6.67. The summed E-state index contributed by atoms with van der Waals surface area (Å²) in [5.41, 5.74) is 1.43. The topological polar surface area (TPSA) is 49.8 Å². The lowest BCUT2D eigenvalue weighted by Crippen LogP contribution is -1.81. The Bertz CT molecular complexity index is 469. The van der Waals surface area contributed by atoms with E-state index in [9.17, 15) is 0 Å². The summed E-state index contributed by atoms with van der Waals surface area (Å²) in [5, 5.41) is 8.98. The molecule has 0 unspecified atom stereocenters. The molecule has 0 saturated carbocycles. The minimum atomic E-state index is 0.300. The highest BCUT2D eigenvalue weighted by Gasteiger charge is 2.05. The van der Waals surface area contributed by atoms with Gasteiger partial charge in [-0.05, 0) is 6.07 Å². The minimum Gasteiger partial charge on any atom is -0.461 e. The first-order chi connectivity index (χ1) is 5.81. The molecule has 2 rings (SSSR count). The molecule has 0 aliphatic heterocycles. The van der Waals surface area contributed by atoms with Crippen LogP contribution in [0.25, 0.3) is 11.1 Å².